The predicted octanol–water partition coefficient (Wildman–Crippen LogP) is 2.08. The zero-order valence-electron chi connectivity index (χ0n) is 9.89. The summed E-state index contributed by atoms with van der Waals surface area (Å²) in [5, 5.41) is 0. The van der Waals surface area contributed by atoms with Crippen LogP contribution in [0.5, 0.6) is 0 Å². The van der Waals surface area contributed by atoms with Gasteiger partial charge in [-0.15, -0.1) is 0 Å². The van der Waals surface area contributed by atoms with Crippen LogP contribution in [0.2, 0.25) is 0 Å². The number of nitrogens with zero attached hydrogens (tertiary/aromatic N) is 3. The summed E-state index contributed by atoms with van der Waals surface area (Å²) in [5.74, 6) is 1.70. The van der Waals surface area contributed by atoms with Crippen molar-refractivity contribution in [3.8, 4) is 0 Å². The van der Waals surface area contributed by atoms with E-state index in [1.54, 1.807) is 12.4 Å². The molecule has 1 unspecified atom stereocenters. The zero-order chi connectivity index (χ0) is 11.4. The molecule has 4 heteroatoms. The van der Waals surface area contributed by atoms with Crippen LogP contribution >= 0.6 is 0 Å². The third-order valence-corrected chi connectivity index (χ3v) is 3.37. The van der Waals surface area contributed by atoms with Gasteiger partial charge in [-0.05, 0) is 25.2 Å². The Kier molecular flexibility index (Phi) is 3.59. The summed E-state index contributed by atoms with van der Waals surface area (Å²) in [6.45, 7) is 4.42. The van der Waals surface area contributed by atoms with Gasteiger partial charge in [0.25, 0.3) is 0 Å². The Morgan fingerprint density at radius 2 is 2.06 bits per heavy atom. The Labute approximate surface area is 96.9 Å². The molecule has 1 atom stereocenters. The van der Waals surface area contributed by atoms with Gasteiger partial charge in [-0.25, -0.2) is 9.97 Å². The van der Waals surface area contributed by atoms with Crippen LogP contribution in [-0.2, 0) is 0 Å². The van der Waals surface area contributed by atoms with Crippen molar-refractivity contribution in [2.45, 2.75) is 32.6 Å². The molecule has 0 amide bonds. The molecule has 0 aliphatic carbocycles. The topological polar surface area (TPSA) is 55.0 Å². The summed E-state index contributed by atoms with van der Waals surface area (Å²) in [4.78, 5) is 10.8. The maximum absolute atomic E-state index is 5.59. The van der Waals surface area contributed by atoms with Gasteiger partial charge in [-0.3, -0.25) is 0 Å². The maximum atomic E-state index is 5.59. The van der Waals surface area contributed by atoms with Crippen LogP contribution in [0.1, 0.15) is 32.6 Å². The second-order valence-electron chi connectivity index (χ2n) is 4.51. The monoisotopic (exact) mass is 220 g/mol. The van der Waals surface area contributed by atoms with Gasteiger partial charge in [0.15, 0.2) is 0 Å². The molecule has 0 radical (unpaired) electrons. The molecule has 1 aromatic heterocycles. The maximum Gasteiger partial charge on any atom is 0.225 e. The summed E-state index contributed by atoms with van der Waals surface area (Å²) in [6.07, 6.45) is 8.49. The van der Waals surface area contributed by atoms with Crippen LogP contribution in [0.4, 0.5) is 11.6 Å². The normalized spacial score (nSPS) is 21.8. The van der Waals surface area contributed by atoms with E-state index in [0.29, 0.717) is 5.69 Å². The van der Waals surface area contributed by atoms with Crippen LogP contribution in [0, 0.1) is 5.92 Å². The fourth-order valence-corrected chi connectivity index (χ4v) is 2.27. The van der Waals surface area contributed by atoms with E-state index < -0.39 is 0 Å². The molecule has 1 aromatic rings. The molecule has 4 nitrogen and oxygen atoms in total. The first kappa shape index (κ1) is 11.2. The standard InChI is InChI=1S/C12H20N4/c1-2-10-4-3-6-16(7-5-10)12-14-8-11(13)9-15-12/h8-10H,2-7,13H2,1H3. The molecule has 88 valence electrons. The first-order valence-corrected chi connectivity index (χ1v) is 6.12. The first-order valence-electron chi connectivity index (χ1n) is 6.12. The van der Waals surface area contributed by atoms with Crippen molar-refractivity contribution in [3.05, 3.63) is 12.4 Å². The molecule has 16 heavy (non-hydrogen) atoms. The Hall–Kier alpha value is -1.32. The molecule has 2 heterocycles. The van der Waals surface area contributed by atoms with Gasteiger partial charge in [0.1, 0.15) is 0 Å². The van der Waals surface area contributed by atoms with Gasteiger partial charge in [0.05, 0.1) is 18.1 Å². The molecule has 1 aliphatic heterocycles. The minimum Gasteiger partial charge on any atom is -0.396 e. The summed E-state index contributed by atoms with van der Waals surface area (Å²) < 4.78 is 0. The predicted molar refractivity (Wildman–Crippen MR) is 66.3 cm³/mol. The van der Waals surface area contributed by atoms with Crippen molar-refractivity contribution in [1.82, 2.24) is 9.97 Å². The van der Waals surface area contributed by atoms with Gasteiger partial charge in [-0.1, -0.05) is 13.3 Å². The Balaban J connectivity index is 2.02. The molecule has 0 saturated carbocycles. The van der Waals surface area contributed by atoms with Crippen LogP contribution in [0.15, 0.2) is 12.4 Å². The van der Waals surface area contributed by atoms with Crippen molar-refractivity contribution in [1.29, 1.82) is 0 Å². The number of rotatable bonds is 2. The van der Waals surface area contributed by atoms with Gasteiger partial charge in [0.2, 0.25) is 5.95 Å². The van der Waals surface area contributed by atoms with Crippen LogP contribution < -0.4 is 10.6 Å². The molecule has 2 rings (SSSR count). The van der Waals surface area contributed by atoms with Crippen LogP contribution in [0.3, 0.4) is 0 Å². The van der Waals surface area contributed by atoms with Crippen molar-refractivity contribution in [3.63, 3.8) is 0 Å². The number of nitrogen functional groups attached to an aromatic ring is 1. The highest BCUT2D eigenvalue weighted by Gasteiger charge is 2.17. The highest BCUT2D eigenvalue weighted by atomic mass is 15.2. The first-order chi connectivity index (χ1) is 7.79. The van der Waals surface area contributed by atoms with E-state index in [1.807, 2.05) is 0 Å². The minimum absolute atomic E-state index is 0.630. The van der Waals surface area contributed by atoms with Gasteiger partial charge in [-0.2, -0.15) is 0 Å². The summed E-state index contributed by atoms with van der Waals surface area (Å²) in [5.41, 5.74) is 6.22. The van der Waals surface area contributed by atoms with Gasteiger partial charge >= 0.3 is 0 Å². The molecule has 1 aliphatic rings. The number of anilines is 2. The van der Waals surface area contributed by atoms with Crippen molar-refractivity contribution in [2.24, 2.45) is 5.92 Å². The van der Waals surface area contributed by atoms with E-state index in [0.717, 1.165) is 25.0 Å². The second kappa shape index (κ2) is 5.14. The largest absolute Gasteiger partial charge is 0.396 e. The van der Waals surface area contributed by atoms with Crippen molar-refractivity contribution in [2.75, 3.05) is 23.7 Å². The summed E-state index contributed by atoms with van der Waals surface area (Å²) in [6, 6.07) is 0. The molecule has 2 N–H and O–H groups in total. The van der Waals surface area contributed by atoms with Crippen LogP contribution in [0.25, 0.3) is 0 Å². The van der Waals surface area contributed by atoms with E-state index in [4.69, 9.17) is 5.73 Å². The van der Waals surface area contributed by atoms with E-state index in [9.17, 15) is 0 Å². The van der Waals surface area contributed by atoms with Crippen molar-refractivity contribution >= 4 is 11.6 Å². The fraction of sp³-hybridized carbons (Fsp3) is 0.667. The third-order valence-electron chi connectivity index (χ3n) is 3.37. The molecular formula is C12H20N4. The Bertz CT molecular complexity index is 322. The van der Waals surface area contributed by atoms with E-state index in [2.05, 4.69) is 21.8 Å². The average molecular weight is 220 g/mol. The van der Waals surface area contributed by atoms with Crippen molar-refractivity contribution < 1.29 is 0 Å². The summed E-state index contributed by atoms with van der Waals surface area (Å²) >= 11 is 0. The molecule has 1 fully saturated rings. The number of hydrogen-bond donors (Lipinski definition) is 1. The Morgan fingerprint density at radius 1 is 1.31 bits per heavy atom. The lowest BCUT2D eigenvalue weighted by molar-refractivity contribution is 0.459. The number of aromatic nitrogens is 2. The quantitative estimate of drug-likeness (QED) is 0.829. The lowest BCUT2D eigenvalue weighted by atomic mass is 9.98. The molecule has 0 bridgehead atoms. The average Bonchev–Trinajstić information content (AvgIpc) is 2.55. The fourth-order valence-electron chi connectivity index (χ4n) is 2.27. The number of hydrogen-bond acceptors (Lipinski definition) is 4. The lowest BCUT2D eigenvalue weighted by Gasteiger charge is -2.20. The van der Waals surface area contributed by atoms with E-state index in [1.165, 1.54) is 25.7 Å². The van der Waals surface area contributed by atoms with E-state index >= 15 is 0 Å². The smallest absolute Gasteiger partial charge is 0.225 e. The van der Waals surface area contributed by atoms with Gasteiger partial charge in [0, 0.05) is 13.1 Å². The molecule has 1 saturated heterocycles. The highest BCUT2D eigenvalue weighted by molar-refractivity contribution is 5.37. The lowest BCUT2D eigenvalue weighted by Crippen LogP contribution is -2.26. The molecular weight excluding hydrogens is 200 g/mol. The van der Waals surface area contributed by atoms with Crippen LogP contribution in [-0.4, -0.2) is 23.1 Å². The van der Waals surface area contributed by atoms with E-state index in [-0.39, 0.29) is 0 Å². The molecule has 0 spiro atoms. The third kappa shape index (κ3) is 2.62. The zero-order valence-corrected chi connectivity index (χ0v) is 9.89. The summed E-state index contributed by atoms with van der Waals surface area (Å²) in [7, 11) is 0. The highest BCUT2D eigenvalue weighted by Crippen LogP contribution is 2.22. The Morgan fingerprint density at radius 3 is 2.75 bits per heavy atom. The number of nitrogens with two attached hydrogens (primary N) is 1. The SMILES string of the molecule is CCC1CCCN(c2ncc(N)cn2)CC1. The second-order valence-corrected chi connectivity index (χ2v) is 4.51. The minimum atomic E-state index is 0.630. The molecule has 0 aromatic carbocycles. The van der Waals surface area contributed by atoms with Gasteiger partial charge < -0.3 is 10.6 Å².